The van der Waals surface area contributed by atoms with E-state index in [0.717, 1.165) is 0 Å². The zero-order valence-electron chi connectivity index (χ0n) is 16.7. The van der Waals surface area contributed by atoms with E-state index < -0.39 is 11.6 Å². The van der Waals surface area contributed by atoms with Gasteiger partial charge in [0.2, 0.25) is 5.88 Å². The molecule has 0 fully saturated rings. The lowest BCUT2D eigenvalue weighted by molar-refractivity contribution is 0.0297. The first-order valence-corrected chi connectivity index (χ1v) is 8.37. The average molecular weight is 367 g/mol. The number of nitrogens with zero attached hydrogens (tertiary/aromatic N) is 3. The average Bonchev–Trinajstić information content (AvgIpc) is 2.58. The number of hydrogen-bond donors (Lipinski definition) is 0. The first kappa shape index (κ1) is 21.5. The normalized spacial score (nSPS) is 10.9. The van der Waals surface area contributed by atoms with Crippen molar-refractivity contribution in [1.82, 2.24) is 9.88 Å². The Balaban J connectivity index is 2.66. The third-order valence-electron chi connectivity index (χ3n) is 3.50. The number of amides is 1. The maximum Gasteiger partial charge on any atom is 0.410 e. The summed E-state index contributed by atoms with van der Waals surface area (Å²) >= 11 is 0. The molecule has 1 amide bonds. The van der Waals surface area contributed by atoms with Crippen molar-refractivity contribution in [3.63, 3.8) is 0 Å². The second-order valence-electron chi connectivity index (χ2n) is 6.92. The highest BCUT2D eigenvalue weighted by Crippen LogP contribution is 2.19. The lowest BCUT2D eigenvalue weighted by Crippen LogP contribution is -2.35. The summed E-state index contributed by atoms with van der Waals surface area (Å²) in [5.41, 5.74) is -0.149. The minimum Gasteiger partial charge on any atom is -0.481 e. The van der Waals surface area contributed by atoms with Gasteiger partial charge in [-0.05, 0) is 33.3 Å². The topological polar surface area (TPSA) is 81.2 Å². The van der Waals surface area contributed by atoms with Crippen molar-refractivity contribution in [2.75, 3.05) is 46.3 Å². The van der Waals surface area contributed by atoms with Crippen molar-refractivity contribution < 1.29 is 23.8 Å². The molecule has 0 unspecified atom stereocenters. The van der Waals surface area contributed by atoms with E-state index in [4.69, 9.17) is 14.2 Å². The number of carbonyl (C=O) groups excluding carboxylic acids is 2. The van der Waals surface area contributed by atoms with Crippen LogP contribution in [0.25, 0.3) is 0 Å². The molecule has 26 heavy (non-hydrogen) atoms. The zero-order chi connectivity index (χ0) is 19.9. The Morgan fingerprint density at radius 1 is 1.12 bits per heavy atom. The fourth-order valence-electron chi connectivity index (χ4n) is 2.12. The van der Waals surface area contributed by atoms with Gasteiger partial charge in [0.05, 0.1) is 19.8 Å². The van der Waals surface area contributed by atoms with Crippen molar-refractivity contribution in [2.24, 2.45) is 0 Å². The van der Waals surface area contributed by atoms with Gasteiger partial charge in [-0.15, -0.1) is 0 Å². The maximum absolute atomic E-state index is 12.0. The lowest BCUT2D eigenvalue weighted by Gasteiger charge is -2.25. The van der Waals surface area contributed by atoms with Crippen LogP contribution in [0, 0.1) is 0 Å². The molecule has 0 aliphatic heterocycles. The SMILES string of the molecule is COC(=O)c1cc(OC)nc(N(C)CCCN(C)C(=O)OC(C)(C)C)c1. The van der Waals surface area contributed by atoms with Crippen LogP contribution >= 0.6 is 0 Å². The number of ether oxygens (including phenoxy) is 3. The van der Waals surface area contributed by atoms with Crippen LogP contribution in [-0.4, -0.2) is 69.0 Å². The van der Waals surface area contributed by atoms with Crippen LogP contribution in [-0.2, 0) is 9.47 Å². The van der Waals surface area contributed by atoms with Crippen LogP contribution in [0.1, 0.15) is 37.6 Å². The van der Waals surface area contributed by atoms with Gasteiger partial charge in [0, 0.05) is 33.3 Å². The first-order valence-electron chi connectivity index (χ1n) is 8.37. The minimum absolute atomic E-state index is 0.334. The van der Waals surface area contributed by atoms with E-state index in [0.29, 0.717) is 36.8 Å². The highest BCUT2D eigenvalue weighted by Gasteiger charge is 2.19. The molecule has 0 saturated heterocycles. The molecule has 8 nitrogen and oxygen atoms in total. The molecule has 0 spiro atoms. The number of rotatable bonds is 7. The molecule has 0 saturated carbocycles. The fourth-order valence-corrected chi connectivity index (χ4v) is 2.12. The van der Waals surface area contributed by atoms with Crippen LogP contribution in [0.15, 0.2) is 12.1 Å². The molecule has 0 atom stereocenters. The summed E-state index contributed by atoms with van der Waals surface area (Å²) in [4.78, 5) is 31.5. The van der Waals surface area contributed by atoms with Crippen molar-refractivity contribution >= 4 is 17.9 Å². The quantitative estimate of drug-likeness (QED) is 0.685. The van der Waals surface area contributed by atoms with E-state index in [1.165, 1.54) is 25.2 Å². The van der Waals surface area contributed by atoms with Crippen LogP contribution in [0.4, 0.5) is 10.6 Å². The molecule has 146 valence electrons. The van der Waals surface area contributed by atoms with Gasteiger partial charge >= 0.3 is 12.1 Å². The molecule has 1 aromatic rings. The summed E-state index contributed by atoms with van der Waals surface area (Å²) in [5.74, 6) is 0.468. The molecule has 0 bridgehead atoms. The third-order valence-corrected chi connectivity index (χ3v) is 3.50. The van der Waals surface area contributed by atoms with Gasteiger partial charge in [-0.1, -0.05) is 0 Å². The Morgan fingerprint density at radius 3 is 2.31 bits per heavy atom. The molecule has 1 rings (SSSR count). The molecule has 1 aromatic heterocycles. The number of carbonyl (C=O) groups is 2. The predicted octanol–water partition coefficient (Wildman–Crippen LogP) is 2.57. The lowest BCUT2D eigenvalue weighted by atomic mass is 10.2. The van der Waals surface area contributed by atoms with Crippen LogP contribution in [0.3, 0.4) is 0 Å². The highest BCUT2D eigenvalue weighted by atomic mass is 16.6. The van der Waals surface area contributed by atoms with Gasteiger partial charge in [0.15, 0.2) is 0 Å². The van der Waals surface area contributed by atoms with E-state index in [-0.39, 0.29) is 6.09 Å². The van der Waals surface area contributed by atoms with Crippen LogP contribution < -0.4 is 9.64 Å². The monoisotopic (exact) mass is 367 g/mol. The van der Waals surface area contributed by atoms with Crippen LogP contribution in [0.5, 0.6) is 5.88 Å². The maximum atomic E-state index is 12.0. The van der Waals surface area contributed by atoms with E-state index in [2.05, 4.69) is 4.98 Å². The largest absolute Gasteiger partial charge is 0.481 e. The van der Waals surface area contributed by atoms with Gasteiger partial charge in [0.1, 0.15) is 11.4 Å². The summed E-state index contributed by atoms with van der Waals surface area (Å²) in [6.45, 7) is 6.67. The van der Waals surface area contributed by atoms with E-state index in [9.17, 15) is 9.59 Å². The van der Waals surface area contributed by atoms with Crippen molar-refractivity contribution in [3.05, 3.63) is 17.7 Å². The molecule has 8 heteroatoms. The second-order valence-corrected chi connectivity index (χ2v) is 6.92. The third kappa shape index (κ3) is 6.78. The van der Waals surface area contributed by atoms with E-state index in [1.54, 1.807) is 13.1 Å². The summed E-state index contributed by atoms with van der Waals surface area (Å²) in [6.07, 6.45) is 0.353. The zero-order valence-corrected chi connectivity index (χ0v) is 16.7. The fraction of sp³-hybridized carbons (Fsp3) is 0.611. The number of hydrogen-bond acceptors (Lipinski definition) is 7. The molecule has 0 aromatic carbocycles. The molecule has 0 radical (unpaired) electrons. The Morgan fingerprint density at radius 2 is 1.77 bits per heavy atom. The number of esters is 1. The number of aromatic nitrogens is 1. The Bertz CT molecular complexity index is 628. The highest BCUT2D eigenvalue weighted by molar-refractivity contribution is 5.90. The Labute approximate surface area is 155 Å². The van der Waals surface area contributed by atoms with Gasteiger partial charge in [0.25, 0.3) is 0 Å². The second kappa shape index (κ2) is 9.26. The standard InChI is InChI=1S/C18H29N3O5/c1-18(2,3)26-17(23)21(5)10-8-9-20(4)14-11-13(16(22)25-7)12-15(19-14)24-6/h11-12H,8-10H2,1-7H3. The Hall–Kier alpha value is -2.51. The molecular formula is C18H29N3O5. The van der Waals surface area contributed by atoms with Crippen molar-refractivity contribution in [2.45, 2.75) is 32.8 Å². The van der Waals surface area contributed by atoms with Gasteiger partial charge in [-0.25, -0.2) is 9.59 Å². The molecule has 0 N–H and O–H groups in total. The summed E-state index contributed by atoms with van der Waals surface area (Å²) in [6, 6.07) is 3.17. The minimum atomic E-state index is -0.517. The number of pyridine rings is 1. The van der Waals surface area contributed by atoms with E-state index >= 15 is 0 Å². The smallest absolute Gasteiger partial charge is 0.410 e. The number of anilines is 1. The van der Waals surface area contributed by atoms with Crippen molar-refractivity contribution in [3.8, 4) is 5.88 Å². The first-order chi connectivity index (χ1) is 12.1. The number of methoxy groups -OCH3 is 2. The van der Waals surface area contributed by atoms with Crippen LogP contribution in [0.2, 0.25) is 0 Å². The van der Waals surface area contributed by atoms with Gasteiger partial charge in [-0.3, -0.25) is 0 Å². The predicted molar refractivity (Wildman–Crippen MR) is 98.9 cm³/mol. The molecular weight excluding hydrogens is 338 g/mol. The summed E-state index contributed by atoms with van der Waals surface area (Å²) in [7, 11) is 6.37. The molecule has 0 aliphatic rings. The van der Waals surface area contributed by atoms with Crippen molar-refractivity contribution in [1.29, 1.82) is 0 Å². The summed E-state index contributed by atoms with van der Waals surface area (Å²) < 4.78 is 15.2. The van der Waals surface area contributed by atoms with Gasteiger partial charge in [-0.2, -0.15) is 4.98 Å². The molecule has 0 aliphatic carbocycles. The van der Waals surface area contributed by atoms with E-state index in [1.807, 2.05) is 32.7 Å². The molecule has 1 heterocycles. The van der Waals surface area contributed by atoms with Gasteiger partial charge < -0.3 is 24.0 Å². The Kier molecular flexibility index (Phi) is 7.67. The summed E-state index contributed by atoms with van der Waals surface area (Å²) in [5, 5.41) is 0.